The second-order valence-electron chi connectivity index (χ2n) is 6.02. The van der Waals surface area contributed by atoms with Crippen LogP contribution in [-0.2, 0) is 11.3 Å². The standard InChI is InChI=1S/C19H22BrN3O2/c1-13(18(24)22-17-10-8-16(20)9-11-17)23(3)12-14-4-6-15(7-5-14)19(25)21-2/h4-11,13H,12H2,1-3H3,(H,21,25)(H,22,24)/p+1/t13-/m0/s1. The van der Waals surface area contributed by atoms with Gasteiger partial charge in [-0.2, -0.15) is 0 Å². The van der Waals surface area contributed by atoms with Crippen molar-refractivity contribution in [1.29, 1.82) is 0 Å². The lowest BCUT2D eigenvalue weighted by Crippen LogP contribution is -3.12. The zero-order valence-electron chi connectivity index (χ0n) is 14.6. The van der Waals surface area contributed by atoms with Gasteiger partial charge in [0, 0.05) is 28.3 Å². The summed E-state index contributed by atoms with van der Waals surface area (Å²) in [6.07, 6.45) is 0. The van der Waals surface area contributed by atoms with E-state index in [0.29, 0.717) is 12.1 Å². The van der Waals surface area contributed by atoms with Gasteiger partial charge in [0.05, 0.1) is 7.05 Å². The molecule has 0 aliphatic carbocycles. The molecule has 0 saturated carbocycles. The Morgan fingerprint density at radius 2 is 1.68 bits per heavy atom. The van der Waals surface area contributed by atoms with Gasteiger partial charge >= 0.3 is 0 Å². The van der Waals surface area contributed by atoms with E-state index in [2.05, 4.69) is 26.6 Å². The molecule has 2 atom stereocenters. The molecule has 6 heteroatoms. The summed E-state index contributed by atoms with van der Waals surface area (Å²) in [5.74, 6) is -0.128. The Kier molecular flexibility index (Phi) is 6.73. The van der Waals surface area contributed by atoms with Gasteiger partial charge in [0.25, 0.3) is 11.8 Å². The number of carbonyl (C=O) groups is 2. The summed E-state index contributed by atoms with van der Waals surface area (Å²) in [7, 11) is 3.60. The van der Waals surface area contributed by atoms with E-state index < -0.39 is 0 Å². The summed E-state index contributed by atoms with van der Waals surface area (Å²) >= 11 is 3.38. The molecule has 5 nitrogen and oxygen atoms in total. The molecule has 0 aliphatic heterocycles. The minimum Gasteiger partial charge on any atom is -0.355 e. The maximum Gasteiger partial charge on any atom is 0.282 e. The van der Waals surface area contributed by atoms with Gasteiger partial charge in [-0.3, -0.25) is 9.59 Å². The summed E-state index contributed by atoms with van der Waals surface area (Å²) in [5.41, 5.74) is 2.49. The highest BCUT2D eigenvalue weighted by atomic mass is 79.9. The highest BCUT2D eigenvalue weighted by molar-refractivity contribution is 9.10. The van der Waals surface area contributed by atoms with E-state index in [9.17, 15) is 9.59 Å². The predicted molar refractivity (Wildman–Crippen MR) is 103 cm³/mol. The molecule has 25 heavy (non-hydrogen) atoms. The molecule has 0 heterocycles. The van der Waals surface area contributed by atoms with Gasteiger partial charge in [0.15, 0.2) is 6.04 Å². The molecular weight excluding hydrogens is 382 g/mol. The van der Waals surface area contributed by atoms with Crippen LogP contribution in [0.5, 0.6) is 0 Å². The Labute approximate surface area is 156 Å². The molecular formula is C19H23BrN3O2+. The molecule has 0 aromatic heterocycles. The van der Waals surface area contributed by atoms with Gasteiger partial charge in [0.2, 0.25) is 0 Å². The molecule has 0 bridgehead atoms. The number of anilines is 1. The Balaban J connectivity index is 1.94. The third-order valence-corrected chi connectivity index (χ3v) is 4.70. The first kappa shape index (κ1) is 19.1. The van der Waals surface area contributed by atoms with E-state index in [1.807, 2.05) is 50.4 Å². The van der Waals surface area contributed by atoms with Gasteiger partial charge in [-0.1, -0.05) is 28.1 Å². The fraction of sp³-hybridized carbons (Fsp3) is 0.263. The molecule has 1 unspecified atom stereocenters. The predicted octanol–water partition coefficient (Wildman–Crippen LogP) is 1.85. The van der Waals surface area contributed by atoms with Crippen LogP contribution in [-0.4, -0.2) is 32.0 Å². The van der Waals surface area contributed by atoms with E-state index in [4.69, 9.17) is 0 Å². The molecule has 0 spiro atoms. The molecule has 2 rings (SSSR count). The van der Waals surface area contributed by atoms with Crippen LogP contribution < -0.4 is 15.5 Å². The number of hydrogen-bond acceptors (Lipinski definition) is 2. The highest BCUT2D eigenvalue weighted by Crippen LogP contribution is 2.14. The van der Waals surface area contributed by atoms with E-state index in [-0.39, 0.29) is 17.9 Å². The lowest BCUT2D eigenvalue weighted by molar-refractivity contribution is -0.907. The molecule has 0 aliphatic rings. The Hall–Kier alpha value is -2.18. The van der Waals surface area contributed by atoms with Crippen molar-refractivity contribution in [3.8, 4) is 0 Å². The molecule has 2 aromatic carbocycles. The van der Waals surface area contributed by atoms with E-state index in [0.717, 1.165) is 20.6 Å². The van der Waals surface area contributed by atoms with Crippen LogP contribution in [0, 0.1) is 0 Å². The van der Waals surface area contributed by atoms with Crippen LogP contribution >= 0.6 is 15.9 Å². The molecule has 0 saturated heterocycles. The lowest BCUT2D eigenvalue weighted by Gasteiger charge is -2.21. The molecule has 132 valence electrons. The van der Waals surface area contributed by atoms with Crippen LogP contribution in [0.15, 0.2) is 53.0 Å². The zero-order valence-corrected chi connectivity index (χ0v) is 16.2. The van der Waals surface area contributed by atoms with Gasteiger partial charge in [-0.15, -0.1) is 0 Å². The number of rotatable bonds is 6. The first-order valence-corrected chi connectivity index (χ1v) is 8.89. The first-order chi connectivity index (χ1) is 11.9. The first-order valence-electron chi connectivity index (χ1n) is 8.10. The van der Waals surface area contributed by atoms with Crippen LogP contribution in [0.3, 0.4) is 0 Å². The van der Waals surface area contributed by atoms with E-state index in [1.165, 1.54) is 0 Å². The quantitative estimate of drug-likeness (QED) is 0.687. The zero-order chi connectivity index (χ0) is 18.4. The van der Waals surface area contributed by atoms with Crippen molar-refractivity contribution in [2.24, 2.45) is 0 Å². The van der Waals surface area contributed by atoms with Crippen molar-refractivity contribution < 1.29 is 14.5 Å². The summed E-state index contributed by atoms with van der Waals surface area (Å²) in [4.78, 5) is 25.1. The number of hydrogen-bond donors (Lipinski definition) is 3. The molecule has 2 aromatic rings. The number of benzene rings is 2. The fourth-order valence-electron chi connectivity index (χ4n) is 2.40. The lowest BCUT2D eigenvalue weighted by atomic mass is 10.1. The molecule has 3 N–H and O–H groups in total. The largest absolute Gasteiger partial charge is 0.355 e. The number of likely N-dealkylation sites (N-methyl/N-ethyl adjacent to an activating group) is 1. The maximum absolute atomic E-state index is 12.4. The van der Waals surface area contributed by atoms with Crippen molar-refractivity contribution in [1.82, 2.24) is 5.32 Å². The number of halogens is 1. The van der Waals surface area contributed by atoms with Gasteiger partial charge < -0.3 is 15.5 Å². The maximum atomic E-state index is 12.4. The van der Waals surface area contributed by atoms with Crippen LogP contribution in [0.1, 0.15) is 22.8 Å². The smallest absolute Gasteiger partial charge is 0.282 e. The minimum absolute atomic E-state index is 0.0261. The van der Waals surface area contributed by atoms with E-state index in [1.54, 1.807) is 19.2 Å². The number of quaternary nitrogens is 1. The molecule has 2 amide bonds. The fourth-order valence-corrected chi connectivity index (χ4v) is 2.67. The number of nitrogens with one attached hydrogen (secondary N) is 3. The van der Waals surface area contributed by atoms with E-state index >= 15 is 0 Å². The molecule has 0 radical (unpaired) electrons. The monoisotopic (exact) mass is 404 g/mol. The Morgan fingerprint density at radius 1 is 1.08 bits per heavy atom. The normalized spacial score (nSPS) is 13.0. The summed E-state index contributed by atoms with van der Waals surface area (Å²) in [6, 6.07) is 14.8. The number of carbonyl (C=O) groups excluding carboxylic acids is 2. The second kappa shape index (κ2) is 8.78. The van der Waals surface area contributed by atoms with Gasteiger partial charge in [-0.05, 0) is 43.3 Å². The van der Waals surface area contributed by atoms with Crippen molar-refractivity contribution >= 4 is 33.4 Å². The SMILES string of the molecule is CNC(=O)c1ccc(C[NH+](C)[C@@H](C)C(=O)Nc2ccc(Br)cc2)cc1. The number of amides is 2. The average Bonchev–Trinajstić information content (AvgIpc) is 2.62. The van der Waals surface area contributed by atoms with Crippen LogP contribution in [0.2, 0.25) is 0 Å². The van der Waals surface area contributed by atoms with Crippen molar-refractivity contribution in [3.05, 3.63) is 64.1 Å². The summed E-state index contributed by atoms with van der Waals surface area (Å²) < 4.78 is 0.974. The van der Waals surface area contributed by atoms with Crippen LogP contribution in [0.25, 0.3) is 0 Å². The third kappa shape index (κ3) is 5.41. The van der Waals surface area contributed by atoms with Gasteiger partial charge in [-0.25, -0.2) is 0 Å². The van der Waals surface area contributed by atoms with Gasteiger partial charge in [0.1, 0.15) is 6.54 Å². The third-order valence-electron chi connectivity index (χ3n) is 4.17. The second-order valence-corrected chi connectivity index (χ2v) is 6.93. The van der Waals surface area contributed by atoms with Crippen molar-refractivity contribution in [3.63, 3.8) is 0 Å². The average molecular weight is 405 g/mol. The van der Waals surface area contributed by atoms with Crippen molar-refractivity contribution in [2.75, 3.05) is 19.4 Å². The summed E-state index contributed by atoms with van der Waals surface area (Å²) in [5, 5.41) is 5.53. The van der Waals surface area contributed by atoms with Crippen molar-refractivity contribution in [2.45, 2.75) is 19.5 Å². The van der Waals surface area contributed by atoms with Crippen LogP contribution in [0.4, 0.5) is 5.69 Å². The topological polar surface area (TPSA) is 62.6 Å². The Bertz CT molecular complexity index is 729. The Morgan fingerprint density at radius 3 is 2.24 bits per heavy atom. The summed E-state index contributed by atoms with van der Waals surface area (Å²) in [6.45, 7) is 2.60. The highest BCUT2D eigenvalue weighted by Gasteiger charge is 2.22. The minimum atomic E-state index is -0.206. The molecule has 0 fully saturated rings.